The topological polar surface area (TPSA) is 79.6 Å². The number of allylic oxidation sites excluding steroid dienone is 1. The fourth-order valence-corrected chi connectivity index (χ4v) is 1.99. The van der Waals surface area contributed by atoms with Crippen LogP contribution in [0.25, 0.3) is 6.08 Å². The minimum absolute atomic E-state index is 0.0921. The van der Waals surface area contributed by atoms with Crippen LogP contribution in [0.15, 0.2) is 42.5 Å². The van der Waals surface area contributed by atoms with Gasteiger partial charge in [-0.2, -0.15) is 5.26 Å². The van der Waals surface area contributed by atoms with Crippen molar-refractivity contribution in [3.63, 3.8) is 0 Å². The van der Waals surface area contributed by atoms with Crippen LogP contribution in [0, 0.1) is 11.3 Å². The summed E-state index contributed by atoms with van der Waals surface area (Å²) < 4.78 is 10.1. The predicted molar refractivity (Wildman–Crippen MR) is 85.7 cm³/mol. The van der Waals surface area contributed by atoms with Gasteiger partial charge in [-0.15, -0.1) is 0 Å². The number of phenols is 1. The maximum atomic E-state index is 12.1. The number of phenolic OH excluding ortho intramolecular Hbond substituents is 1. The molecule has 0 amide bonds. The zero-order valence-corrected chi connectivity index (χ0v) is 12.7. The Morgan fingerprint density at radius 1 is 1.13 bits per heavy atom. The Hall–Kier alpha value is -3.26. The lowest BCUT2D eigenvalue weighted by molar-refractivity contribution is 0.104. The summed E-state index contributed by atoms with van der Waals surface area (Å²) >= 11 is 0. The Morgan fingerprint density at radius 2 is 1.70 bits per heavy atom. The summed E-state index contributed by atoms with van der Waals surface area (Å²) in [5.41, 5.74) is 1.63. The number of methoxy groups -OCH3 is 2. The molecule has 0 bridgehead atoms. The minimum Gasteiger partial charge on any atom is -0.502 e. The molecule has 0 spiro atoms. The van der Waals surface area contributed by atoms with Gasteiger partial charge in [0, 0.05) is 5.56 Å². The third-order valence-electron chi connectivity index (χ3n) is 3.23. The van der Waals surface area contributed by atoms with Crippen molar-refractivity contribution in [1.29, 1.82) is 5.26 Å². The first-order chi connectivity index (χ1) is 11.1. The van der Waals surface area contributed by atoms with E-state index in [9.17, 15) is 9.90 Å². The van der Waals surface area contributed by atoms with E-state index >= 15 is 0 Å². The van der Waals surface area contributed by atoms with E-state index in [4.69, 9.17) is 14.7 Å². The van der Waals surface area contributed by atoms with Crippen LogP contribution in [-0.4, -0.2) is 25.1 Å². The smallest absolute Gasteiger partial charge is 0.200 e. The van der Waals surface area contributed by atoms with Crippen molar-refractivity contribution in [3.05, 3.63) is 59.2 Å². The number of hydrogen-bond donors (Lipinski definition) is 1. The van der Waals surface area contributed by atoms with Crippen molar-refractivity contribution in [2.75, 3.05) is 14.2 Å². The van der Waals surface area contributed by atoms with Gasteiger partial charge in [-0.25, -0.2) is 0 Å². The van der Waals surface area contributed by atoms with Crippen molar-refractivity contribution >= 4 is 11.9 Å². The summed E-state index contributed by atoms with van der Waals surface area (Å²) in [6.07, 6.45) is 3.01. The molecule has 0 aliphatic rings. The number of nitriles is 1. The Labute approximate surface area is 134 Å². The van der Waals surface area contributed by atoms with Crippen LogP contribution < -0.4 is 9.47 Å². The van der Waals surface area contributed by atoms with Crippen molar-refractivity contribution in [2.45, 2.75) is 0 Å². The zero-order valence-electron chi connectivity index (χ0n) is 12.7. The standard InChI is InChI=1S/C18H15NO4/c1-22-16-9-13(10-17(23-2)18(16)21)5-8-15(20)14-6-3-12(11-19)4-7-14/h3-10,21H,1-2H3/b8-5+. The van der Waals surface area contributed by atoms with Crippen LogP contribution in [0.1, 0.15) is 21.5 Å². The Morgan fingerprint density at radius 3 is 2.17 bits per heavy atom. The number of benzene rings is 2. The first-order valence-electron chi connectivity index (χ1n) is 6.76. The summed E-state index contributed by atoms with van der Waals surface area (Å²) in [6.45, 7) is 0. The molecule has 0 aliphatic carbocycles. The number of rotatable bonds is 5. The normalized spacial score (nSPS) is 10.3. The van der Waals surface area contributed by atoms with Crippen LogP contribution in [0.2, 0.25) is 0 Å². The van der Waals surface area contributed by atoms with E-state index in [-0.39, 0.29) is 23.0 Å². The van der Waals surface area contributed by atoms with Gasteiger partial charge in [0.25, 0.3) is 0 Å². The van der Waals surface area contributed by atoms with Gasteiger partial charge in [-0.1, -0.05) is 6.08 Å². The molecule has 0 aliphatic heterocycles. The number of carbonyl (C=O) groups excluding carboxylic acids is 1. The fraction of sp³-hybridized carbons (Fsp3) is 0.111. The lowest BCUT2D eigenvalue weighted by Gasteiger charge is -2.09. The highest BCUT2D eigenvalue weighted by atomic mass is 16.5. The quantitative estimate of drug-likeness (QED) is 0.678. The van der Waals surface area contributed by atoms with Crippen LogP contribution in [0.4, 0.5) is 0 Å². The molecule has 0 aromatic heterocycles. The van der Waals surface area contributed by atoms with Crippen molar-refractivity contribution < 1.29 is 19.4 Å². The molecule has 23 heavy (non-hydrogen) atoms. The van der Waals surface area contributed by atoms with E-state index in [1.165, 1.54) is 20.3 Å². The maximum Gasteiger partial charge on any atom is 0.200 e. The third kappa shape index (κ3) is 3.69. The second-order valence-corrected chi connectivity index (χ2v) is 4.66. The maximum absolute atomic E-state index is 12.1. The lowest BCUT2D eigenvalue weighted by Crippen LogP contribution is -1.94. The van der Waals surface area contributed by atoms with Gasteiger partial charge < -0.3 is 14.6 Å². The molecule has 2 rings (SSSR count). The number of carbonyl (C=O) groups is 1. The van der Waals surface area contributed by atoms with Crippen LogP contribution in [0.5, 0.6) is 17.2 Å². The third-order valence-corrected chi connectivity index (χ3v) is 3.23. The molecule has 2 aromatic rings. The molecule has 116 valence electrons. The van der Waals surface area contributed by atoms with Gasteiger partial charge in [-0.05, 0) is 48.0 Å². The average Bonchev–Trinajstić information content (AvgIpc) is 2.60. The molecule has 0 saturated heterocycles. The SMILES string of the molecule is COc1cc(/C=C/C(=O)c2ccc(C#N)cc2)cc(OC)c1O. The molecule has 0 radical (unpaired) electrons. The van der Waals surface area contributed by atoms with Gasteiger partial charge in [0.2, 0.25) is 5.75 Å². The Balaban J connectivity index is 2.25. The van der Waals surface area contributed by atoms with E-state index in [2.05, 4.69) is 0 Å². The summed E-state index contributed by atoms with van der Waals surface area (Å²) in [6, 6.07) is 11.6. The highest BCUT2D eigenvalue weighted by Crippen LogP contribution is 2.37. The van der Waals surface area contributed by atoms with Gasteiger partial charge in [0.1, 0.15) is 0 Å². The molecule has 0 saturated carbocycles. The molecule has 1 N–H and O–H groups in total. The summed E-state index contributed by atoms with van der Waals surface area (Å²) in [7, 11) is 2.87. The number of aromatic hydroxyl groups is 1. The van der Waals surface area contributed by atoms with Gasteiger partial charge >= 0.3 is 0 Å². The highest BCUT2D eigenvalue weighted by Gasteiger charge is 2.10. The van der Waals surface area contributed by atoms with Gasteiger partial charge in [0.05, 0.1) is 25.9 Å². The van der Waals surface area contributed by atoms with Crippen LogP contribution >= 0.6 is 0 Å². The summed E-state index contributed by atoms with van der Waals surface area (Å²) in [5, 5.41) is 18.6. The van der Waals surface area contributed by atoms with E-state index in [0.29, 0.717) is 16.7 Å². The molecular weight excluding hydrogens is 294 g/mol. The molecule has 5 heteroatoms. The van der Waals surface area contributed by atoms with Gasteiger partial charge in [0.15, 0.2) is 17.3 Å². The van der Waals surface area contributed by atoms with Crippen LogP contribution in [-0.2, 0) is 0 Å². The largest absolute Gasteiger partial charge is 0.502 e. The summed E-state index contributed by atoms with van der Waals surface area (Å²) in [4.78, 5) is 12.1. The second kappa shape index (κ2) is 7.14. The number of hydrogen-bond acceptors (Lipinski definition) is 5. The first-order valence-corrected chi connectivity index (χ1v) is 6.76. The van der Waals surface area contributed by atoms with E-state index < -0.39 is 0 Å². The molecule has 0 atom stereocenters. The number of ether oxygens (including phenoxy) is 2. The minimum atomic E-state index is -0.194. The van der Waals surface area contributed by atoms with Crippen molar-refractivity contribution in [3.8, 4) is 23.3 Å². The zero-order chi connectivity index (χ0) is 16.8. The predicted octanol–water partition coefficient (Wildman–Crippen LogP) is 3.18. The Bertz CT molecular complexity index is 761. The molecular formula is C18H15NO4. The molecule has 0 heterocycles. The molecule has 0 unspecified atom stereocenters. The molecule has 2 aromatic carbocycles. The lowest BCUT2D eigenvalue weighted by atomic mass is 10.1. The first kappa shape index (κ1) is 16.1. The monoisotopic (exact) mass is 309 g/mol. The van der Waals surface area contributed by atoms with Crippen molar-refractivity contribution in [2.24, 2.45) is 0 Å². The van der Waals surface area contributed by atoms with Gasteiger partial charge in [-0.3, -0.25) is 4.79 Å². The second-order valence-electron chi connectivity index (χ2n) is 4.66. The van der Waals surface area contributed by atoms with E-state index in [0.717, 1.165) is 0 Å². The summed E-state index contributed by atoms with van der Waals surface area (Å²) in [5.74, 6) is 0.232. The fourth-order valence-electron chi connectivity index (χ4n) is 1.99. The van der Waals surface area contributed by atoms with Crippen molar-refractivity contribution in [1.82, 2.24) is 0 Å². The van der Waals surface area contributed by atoms with Crippen LogP contribution in [0.3, 0.4) is 0 Å². The van der Waals surface area contributed by atoms with E-state index in [1.54, 1.807) is 42.5 Å². The Kier molecular flexibility index (Phi) is 5.00. The highest BCUT2D eigenvalue weighted by molar-refractivity contribution is 6.06. The van der Waals surface area contributed by atoms with E-state index in [1.807, 2.05) is 6.07 Å². The molecule has 0 fully saturated rings. The molecule has 5 nitrogen and oxygen atoms in total. The average molecular weight is 309 g/mol. The number of ketones is 1. The number of nitrogens with zero attached hydrogens (tertiary/aromatic N) is 1.